The molecule has 28 heteroatoms. The highest BCUT2D eigenvalue weighted by Crippen LogP contribution is 2.52. The molecule has 79 heavy (non-hydrogen) atoms. The lowest BCUT2D eigenvalue weighted by Gasteiger charge is -2.27. The third kappa shape index (κ3) is 11.6. The largest absolute Gasteiger partial charge is 0.744 e. The maximum Gasteiger partial charge on any atom is 0.333 e. The standard InChI is InChI=1S/C51H54N4O20S4/c1-50(2)40(52(24-9-5-7-14-46(60)74-54-42(56)20-21-43(54)57)36-18-16-32-34(48(36)50)26-30(76(62,63)64)28-38(32)78(68,69)70)12-11-13-41-51(3,4)49-35-27-31(77(65,66)67)29-39(79(71,72)73)33(35)17-19-37(49)53(41)25-10-6-8-15-47(61)75-55-44(58)22-23-45(55)59/h11-13,16-19,26-29H,5-10,14-15,20-25H2,1-4H3,(H3-,62,63,64,65,66,67,68,69,70,71,72,73). The molecule has 0 atom stereocenters. The number of hydroxylamine groups is 4. The van der Waals surface area contributed by atoms with Gasteiger partial charge in [-0.1, -0.05) is 32.4 Å². The summed E-state index contributed by atoms with van der Waals surface area (Å²) in [5, 5.41) is 0.853. The molecule has 2 saturated heterocycles. The topological polar surface area (TPSA) is 354 Å². The van der Waals surface area contributed by atoms with Crippen molar-refractivity contribution in [3.05, 3.63) is 83.6 Å². The molecule has 0 unspecified atom stereocenters. The van der Waals surface area contributed by atoms with Crippen molar-refractivity contribution in [2.45, 2.75) is 135 Å². The van der Waals surface area contributed by atoms with Crippen LogP contribution in [0.2, 0.25) is 0 Å². The number of benzene rings is 4. The summed E-state index contributed by atoms with van der Waals surface area (Å²) in [5.41, 5.74) is 0.542. The molecule has 4 aliphatic rings. The Hall–Kier alpha value is -6.79. The number of fused-ring (bicyclic) bond motifs is 6. The maximum atomic E-state index is 12.8. The zero-order valence-corrected chi connectivity index (χ0v) is 46.2. The number of unbranched alkanes of at least 4 members (excludes halogenated alkanes) is 4. The van der Waals surface area contributed by atoms with Crippen LogP contribution in [0.15, 0.2) is 92.0 Å². The summed E-state index contributed by atoms with van der Waals surface area (Å²) in [4.78, 5) is 81.8. The van der Waals surface area contributed by atoms with E-state index in [9.17, 15) is 80.6 Å². The van der Waals surface area contributed by atoms with Crippen LogP contribution in [-0.2, 0) is 89.7 Å². The van der Waals surface area contributed by atoms with Gasteiger partial charge in [-0.2, -0.15) is 29.8 Å². The molecule has 3 N–H and O–H groups in total. The fourth-order valence-corrected chi connectivity index (χ4v) is 13.4. The number of imide groups is 2. The zero-order chi connectivity index (χ0) is 57.9. The van der Waals surface area contributed by atoms with Crippen LogP contribution in [0, 0.1) is 0 Å². The highest BCUT2D eigenvalue weighted by Gasteiger charge is 2.47. The van der Waals surface area contributed by atoms with Gasteiger partial charge in [0.15, 0.2) is 5.71 Å². The molecule has 4 aliphatic heterocycles. The molecule has 0 aromatic heterocycles. The van der Waals surface area contributed by atoms with Crippen molar-refractivity contribution in [3.8, 4) is 0 Å². The monoisotopic (exact) mass is 1170 g/mol. The Kier molecular flexibility index (Phi) is 15.8. The van der Waals surface area contributed by atoms with Gasteiger partial charge in [-0.15, -0.1) is 10.1 Å². The maximum absolute atomic E-state index is 12.8. The Labute approximate surface area is 454 Å². The first-order valence-electron chi connectivity index (χ1n) is 24.8. The minimum Gasteiger partial charge on any atom is -0.744 e. The molecule has 422 valence electrons. The van der Waals surface area contributed by atoms with Crippen molar-refractivity contribution in [2.24, 2.45) is 0 Å². The number of amides is 4. The summed E-state index contributed by atoms with van der Waals surface area (Å²) < 4.78 is 146. The Morgan fingerprint density at radius 3 is 1.59 bits per heavy atom. The van der Waals surface area contributed by atoms with Gasteiger partial charge in [-0.25, -0.2) is 18.0 Å². The van der Waals surface area contributed by atoms with Crippen LogP contribution < -0.4 is 4.90 Å². The lowest BCUT2D eigenvalue weighted by atomic mass is 9.78. The quantitative estimate of drug-likeness (QED) is 0.0420. The molecule has 4 amide bonds. The van der Waals surface area contributed by atoms with Gasteiger partial charge >= 0.3 is 11.9 Å². The van der Waals surface area contributed by atoms with E-state index in [1.807, 2.05) is 9.48 Å². The minimum atomic E-state index is -5.30. The van der Waals surface area contributed by atoms with Crippen LogP contribution in [0.4, 0.5) is 11.4 Å². The average Bonchev–Trinajstić information content (AvgIpc) is 3.81. The summed E-state index contributed by atoms with van der Waals surface area (Å²) in [7, 11) is -20.5. The van der Waals surface area contributed by atoms with E-state index in [4.69, 9.17) is 9.68 Å². The Balaban J connectivity index is 1.19. The molecular formula is C51H54N4O20S4. The molecule has 0 aliphatic carbocycles. The molecule has 24 nitrogen and oxygen atoms in total. The first-order valence-corrected chi connectivity index (χ1v) is 30.5. The Morgan fingerprint density at radius 1 is 0.608 bits per heavy atom. The first-order chi connectivity index (χ1) is 36.7. The van der Waals surface area contributed by atoms with E-state index in [1.165, 1.54) is 12.1 Å². The number of carbonyl (C=O) groups is 6. The van der Waals surface area contributed by atoms with E-state index in [2.05, 4.69) is 0 Å². The smallest absolute Gasteiger partial charge is 0.333 e. The van der Waals surface area contributed by atoms with Gasteiger partial charge in [0.05, 0.1) is 15.2 Å². The van der Waals surface area contributed by atoms with Crippen LogP contribution in [0.1, 0.15) is 116 Å². The van der Waals surface area contributed by atoms with Crippen molar-refractivity contribution < 1.29 is 94.9 Å². The third-order valence-corrected chi connectivity index (χ3v) is 17.8. The van der Waals surface area contributed by atoms with Crippen LogP contribution >= 0.6 is 0 Å². The van der Waals surface area contributed by atoms with E-state index in [1.54, 1.807) is 58.1 Å². The van der Waals surface area contributed by atoms with Crippen LogP contribution in [-0.4, -0.2) is 121 Å². The van der Waals surface area contributed by atoms with Gasteiger partial charge in [0.1, 0.15) is 26.5 Å². The van der Waals surface area contributed by atoms with Gasteiger partial charge in [0.2, 0.25) is 5.69 Å². The Morgan fingerprint density at radius 2 is 1.09 bits per heavy atom. The van der Waals surface area contributed by atoms with Gasteiger partial charge < -0.3 is 19.1 Å². The lowest BCUT2D eigenvalue weighted by molar-refractivity contribution is -0.438. The number of nitrogens with zero attached hydrogens (tertiary/aromatic N) is 4. The number of rotatable bonds is 20. The van der Waals surface area contributed by atoms with E-state index in [0.29, 0.717) is 81.9 Å². The molecular weight excluding hydrogens is 1120 g/mol. The fourth-order valence-electron chi connectivity index (χ4n) is 10.8. The highest BCUT2D eigenvalue weighted by atomic mass is 32.2. The minimum absolute atomic E-state index is 0.0257. The Bertz CT molecular complexity index is 3870. The number of hydrogen-bond acceptors (Lipinski definition) is 18. The summed E-state index contributed by atoms with van der Waals surface area (Å²) in [6.07, 6.45) is 6.68. The third-order valence-electron chi connectivity index (χ3n) is 14.4. The fraction of sp³-hybridized carbons (Fsp3) is 0.392. The molecule has 8 rings (SSSR count). The second-order valence-electron chi connectivity index (χ2n) is 20.4. The number of allylic oxidation sites excluding steroid dienone is 4. The van der Waals surface area contributed by atoms with Gasteiger partial charge in [-0.05, 0) is 98.3 Å². The van der Waals surface area contributed by atoms with Crippen molar-refractivity contribution in [3.63, 3.8) is 0 Å². The average molecular weight is 1170 g/mol. The van der Waals surface area contributed by atoms with Crippen LogP contribution in [0.25, 0.3) is 21.5 Å². The molecule has 0 bridgehead atoms. The summed E-state index contributed by atoms with van der Waals surface area (Å²) in [6.45, 7) is 7.55. The normalized spacial score (nSPS) is 18.1. The summed E-state index contributed by atoms with van der Waals surface area (Å²) in [5.74, 6) is -4.11. The number of anilines is 1. The SMILES string of the molecule is CC1(C)C(/C=C/C=C2/N(CCCCCC(=O)ON3C(=O)CCC3=O)c3ccc4c(S(=O)(=O)O)cc(S(=O)(=O)[O-])cc4c3C2(C)C)=[N+](CCCCCC(=O)ON2C(=O)CCC2=O)c2ccc3c(S(=O)(=O)O)cc(S(=O)(=O)O)cc3c21. The number of carbonyl (C=O) groups excluding carboxylic acids is 6. The summed E-state index contributed by atoms with van der Waals surface area (Å²) in [6, 6.07) is 9.30. The highest BCUT2D eigenvalue weighted by molar-refractivity contribution is 7.87. The van der Waals surface area contributed by atoms with Crippen molar-refractivity contribution in [1.82, 2.24) is 10.1 Å². The van der Waals surface area contributed by atoms with Gasteiger partial charge in [0.25, 0.3) is 54.0 Å². The van der Waals surface area contributed by atoms with Gasteiger partial charge in [0, 0.05) is 96.8 Å². The molecule has 0 saturated carbocycles. The predicted molar refractivity (Wildman–Crippen MR) is 277 cm³/mol. The summed E-state index contributed by atoms with van der Waals surface area (Å²) >= 11 is 0. The van der Waals surface area contributed by atoms with E-state index >= 15 is 0 Å². The van der Waals surface area contributed by atoms with Crippen LogP contribution in [0.3, 0.4) is 0 Å². The van der Waals surface area contributed by atoms with Crippen LogP contribution in [0.5, 0.6) is 0 Å². The molecule has 4 aromatic carbocycles. The second-order valence-corrected chi connectivity index (χ2v) is 26.0. The zero-order valence-electron chi connectivity index (χ0n) is 43.0. The second kappa shape index (κ2) is 21.4. The number of hydrogen-bond donors (Lipinski definition) is 3. The molecule has 0 spiro atoms. The molecule has 0 radical (unpaired) electrons. The van der Waals surface area contributed by atoms with E-state index < -0.39 is 106 Å². The predicted octanol–water partition coefficient (Wildman–Crippen LogP) is 5.59. The van der Waals surface area contributed by atoms with E-state index in [-0.39, 0.29) is 86.0 Å². The van der Waals surface area contributed by atoms with Crippen molar-refractivity contribution in [1.29, 1.82) is 0 Å². The molecule has 4 heterocycles. The van der Waals surface area contributed by atoms with Crippen molar-refractivity contribution >= 4 is 115 Å². The molecule has 4 aromatic rings. The van der Waals surface area contributed by atoms with E-state index in [0.717, 1.165) is 12.1 Å². The first kappa shape index (κ1) is 58.4. The molecule has 2 fully saturated rings. The van der Waals surface area contributed by atoms with Crippen molar-refractivity contribution in [2.75, 3.05) is 18.0 Å². The lowest BCUT2D eigenvalue weighted by Crippen LogP contribution is -2.32. The van der Waals surface area contributed by atoms with Gasteiger partial charge in [-0.3, -0.25) is 32.8 Å².